The number of nitrogens with two attached hydrogens (primary N) is 1. The summed E-state index contributed by atoms with van der Waals surface area (Å²) in [6.07, 6.45) is 10.5. The van der Waals surface area contributed by atoms with Crippen LogP contribution in [0.4, 0.5) is 0 Å². The standard InChI is InChI=1S/C10H9NO3.C9H10N2O2.C8H6BrNO.C8H10N2O.C8H7NO/c1-6(12)14-8-5-7-3-2-4-11-9(7)10(8)13;1-13-11-9-7(12)5-6-3-2-4-10-8(6)9;9-6-4-5-2-1-3-10-7(5)8(6)11;9-7-6(11)4-5-2-1-3-10-8(5)7;10-7-4-3-6-2-1-5-9-8(6)7/h2-4,8H,5H2,1H3;2-4,7,12H,5H2,1H3;1-3,6H,4H2;1-3,6-7,11H,4,9H2;1-2,5H,3-4H2. The molecule has 5 aromatic heterocycles. The van der Waals surface area contributed by atoms with Crippen molar-refractivity contribution in [2.45, 2.75) is 74.6 Å². The number of fused-ring (bicyclic) bond motifs is 5. The average Bonchev–Trinajstić information content (AvgIpc) is 4.02. The molecule has 5 aliphatic carbocycles. The molecule has 0 fully saturated rings. The first-order valence-electron chi connectivity index (χ1n) is 18.8. The maximum Gasteiger partial charge on any atom is 0.303 e. The second-order valence-electron chi connectivity index (χ2n) is 13.9. The Morgan fingerprint density at radius 2 is 1.22 bits per heavy atom. The van der Waals surface area contributed by atoms with Crippen molar-refractivity contribution < 1.29 is 39.0 Å². The molecule has 0 aliphatic heterocycles. The number of hydrogen-bond donors (Lipinski definition) is 3. The molecular weight excluding hydrogens is 822 g/mol. The van der Waals surface area contributed by atoms with Crippen molar-refractivity contribution in [2.24, 2.45) is 10.9 Å². The van der Waals surface area contributed by atoms with Gasteiger partial charge in [0.25, 0.3) is 0 Å². The fourth-order valence-corrected chi connectivity index (χ4v) is 7.61. The lowest BCUT2D eigenvalue weighted by molar-refractivity contribution is -0.144. The number of halogens is 1. The number of aliphatic hydroxyl groups is 2. The van der Waals surface area contributed by atoms with Crippen LogP contribution < -0.4 is 5.73 Å². The van der Waals surface area contributed by atoms with Crippen molar-refractivity contribution in [2.75, 3.05) is 7.11 Å². The minimum absolute atomic E-state index is 0.0487. The summed E-state index contributed by atoms with van der Waals surface area (Å²) in [4.78, 5) is 69.4. The molecule has 0 aromatic carbocycles. The predicted molar refractivity (Wildman–Crippen MR) is 218 cm³/mol. The number of ketones is 3. The molecule has 0 saturated carbocycles. The first kappa shape index (κ1) is 42.7. The lowest BCUT2D eigenvalue weighted by Crippen LogP contribution is -2.22. The number of oxime groups is 1. The van der Waals surface area contributed by atoms with E-state index in [1.165, 1.54) is 14.0 Å². The Morgan fingerprint density at radius 1 is 0.695 bits per heavy atom. The Labute approximate surface area is 348 Å². The number of alkyl halides is 1. The summed E-state index contributed by atoms with van der Waals surface area (Å²) >= 11 is 3.29. The predicted octanol–water partition coefficient (Wildman–Crippen LogP) is 3.89. The number of ether oxygens (including phenoxy) is 1. The van der Waals surface area contributed by atoms with Gasteiger partial charge in [0.2, 0.25) is 5.78 Å². The van der Waals surface area contributed by atoms with E-state index in [0.29, 0.717) is 48.5 Å². The molecular formula is C43H42BrN7O8. The maximum atomic E-state index is 11.6. The van der Waals surface area contributed by atoms with E-state index in [1.807, 2.05) is 54.6 Å². The maximum absolute atomic E-state index is 11.6. The first-order valence-corrected chi connectivity index (χ1v) is 19.7. The Balaban J connectivity index is 0.000000125. The molecule has 5 aliphatic rings. The second kappa shape index (κ2) is 19.7. The van der Waals surface area contributed by atoms with E-state index in [4.69, 9.17) is 10.5 Å². The van der Waals surface area contributed by atoms with E-state index in [-0.39, 0.29) is 28.2 Å². The summed E-state index contributed by atoms with van der Waals surface area (Å²) in [6, 6.07) is 18.5. The molecule has 59 heavy (non-hydrogen) atoms. The Hall–Kier alpha value is -5.94. The second-order valence-corrected chi connectivity index (χ2v) is 15.0. The van der Waals surface area contributed by atoms with Crippen molar-refractivity contribution >= 4 is 45.0 Å². The van der Waals surface area contributed by atoms with Crippen molar-refractivity contribution in [3.63, 3.8) is 0 Å². The zero-order valence-electron chi connectivity index (χ0n) is 32.3. The molecule has 5 aromatic rings. The Morgan fingerprint density at radius 3 is 1.78 bits per heavy atom. The van der Waals surface area contributed by atoms with Gasteiger partial charge in [-0.15, -0.1) is 0 Å². The monoisotopic (exact) mass is 863 g/mol. The van der Waals surface area contributed by atoms with E-state index in [9.17, 15) is 29.4 Å². The third-order valence-corrected chi connectivity index (χ3v) is 10.6. The van der Waals surface area contributed by atoms with Crippen molar-refractivity contribution in [3.8, 4) is 0 Å². The highest BCUT2D eigenvalue weighted by atomic mass is 79.9. The smallest absolute Gasteiger partial charge is 0.303 e. The van der Waals surface area contributed by atoms with E-state index in [2.05, 4.69) is 50.8 Å². The molecule has 5 atom stereocenters. The van der Waals surface area contributed by atoms with Crippen molar-refractivity contribution in [1.82, 2.24) is 24.9 Å². The van der Waals surface area contributed by atoms with Gasteiger partial charge in [-0.3, -0.25) is 44.1 Å². The summed E-state index contributed by atoms with van der Waals surface area (Å²) in [5.74, 6) is -0.330. The van der Waals surface area contributed by atoms with E-state index in [0.717, 1.165) is 52.0 Å². The molecule has 0 amide bonds. The average molecular weight is 865 g/mol. The number of carbonyl (C=O) groups excluding carboxylic acids is 4. The molecule has 15 nitrogen and oxygen atoms in total. The molecule has 0 radical (unpaired) electrons. The third kappa shape index (κ3) is 10.2. The number of Topliss-reactive ketones (excluding diaryl/α,β-unsaturated/α-hetero) is 3. The molecule has 10 rings (SSSR count). The number of rotatable bonds is 2. The van der Waals surface area contributed by atoms with Gasteiger partial charge < -0.3 is 25.5 Å². The number of hydrogen-bond acceptors (Lipinski definition) is 15. The minimum Gasteiger partial charge on any atom is -0.454 e. The van der Waals surface area contributed by atoms with Crippen LogP contribution in [0.5, 0.6) is 0 Å². The van der Waals surface area contributed by atoms with E-state index < -0.39 is 24.3 Å². The molecule has 0 saturated heterocycles. The quantitative estimate of drug-likeness (QED) is 0.130. The molecule has 0 bridgehead atoms. The lowest BCUT2D eigenvalue weighted by atomic mass is 10.2. The molecule has 4 N–H and O–H groups in total. The summed E-state index contributed by atoms with van der Waals surface area (Å²) in [7, 11) is 1.46. The number of carbonyl (C=O) groups is 4. The highest BCUT2D eigenvalue weighted by molar-refractivity contribution is 9.10. The van der Waals surface area contributed by atoms with E-state index in [1.54, 1.807) is 37.1 Å². The molecule has 16 heteroatoms. The zero-order chi connectivity index (χ0) is 42.1. The SMILES string of the molecule is CC(=O)OC1Cc2cccnc2C1=O.CON=C1c2ncccc2CC1O.NC1c2ncccc2CC1O.O=C1CCc2cccnc21.O=C1c2ncccc2CC1Br. The van der Waals surface area contributed by atoms with Gasteiger partial charge in [-0.05, 0) is 71.0 Å². The van der Waals surface area contributed by atoms with Crippen LogP contribution in [0.3, 0.4) is 0 Å². The van der Waals surface area contributed by atoms with Gasteiger partial charge in [0.1, 0.15) is 36.0 Å². The number of aryl methyl sites for hydroxylation is 1. The van der Waals surface area contributed by atoms with Gasteiger partial charge >= 0.3 is 5.97 Å². The normalized spacial score (nSPS) is 21.7. The van der Waals surface area contributed by atoms with Crippen LogP contribution in [-0.4, -0.2) is 94.4 Å². The van der Waals surface area contributed by atoms with Crippen LogP contribution in [-0.2, 0) is 46.5 Å². The Kier molecular flexibility index (Phi) is 14.2. The van der Waals surface area contributed by atoms with Gasteiger partial charge in [-0.2, -0.15) is 0 Å². The van der Waals surface area contributed by atoms with Crippen molar-refractivity contribution in [3.05, 3.63) is 148 Å². The fourth-order valence-electron chi connectivity index (χ4n) is 7.04. The summed E-state index contributed by atoms with van der Waals surface area (Å²) in [5, 5.41) is 22.7. The number of aliphatic hydroxyl groups excluding tert-OH is 2. The number of pyridine rings is 5. The first-order chi connectivity index (χ1) is 28.5. The van der Waals surface area contributed by atoms with Gasteiger partial charge in [0, 0.05) is 63.6 Å². The van der Waals surface area contributed by atoms with Crippen LogP contribution >= 0.6 is 15.9 Å². The summed E-state index contributed by atoms with van der Waals surface area (Å²) < 4.78 is 4.88. The lowest BCUT2D eigenvalue weighted by Gasteiger charge is -2.06. The number of esters is 1. The van der Waals surface area contributed by atoms with Crippen LogP contribution in [0.15, 0.2) is 96.8 Å². The summed E-state index contributed by atoms with van der Waals surface area (Å²) in [5.41, 5.74) is 14.6. The molecule has 5 unspecified atom stereocenters. The highest BCUT2D eigenvalue weighted by Gasteiger charge is 2.34. The minimum atomic E-state index is -0.669. The Bertz CT molecular complexity index is 2380. The van der Waals surface area contributed by atoms with Crippen LogP contribution in [0.25, 0.3) is 0 Å². The molecule has 0 spiro atoms. The zero-order valence-corrected chi connectivity index (χ0v) is 33.9. The van der Waals surface area contributed by atoms with E-state index >= 15 is 0 Å². The van der Waals surface area contributed by atoms with Crippen LogP contribution in [0, 0.1) is 0 Å². The number of nitrogens with zero attached hydrogens (tertiary/aromatic N) is 6. The van der Waals surface area contributed by atoms with Gasteiger partial charge in [0.05, 0.1) is 28.4 Å². The largest absolute Gasteiger partial charge is 0.454 e. The molecule has 304 valence electrons. The topological polar surface area (TPSA) is 230 Å². The van der Waals surface area contributed by atoms with Gasteiger partial charge in [-0.25, -0.2) is 0 Å². The highest BCUT2D eigenvalue weighted by Crippen LogP contribution is 2.27. The number of aromatic nitrogens is 5. The molecule has 5 heterocycles. The van der Waals surface area contributed by atoms with Crippen LogP contribution in [0.2, 0.25) is 0 Å². The van der Waals surface area contributed by atoms with Gasteiger partial charge in [0.15, 0.2) is 17.7 Å². The van der Waals surface area contributed by atoms with Gasteiger partial charge in [-0.1, -0.05) is 51.4 Å². The fraction of sp³-hybridized carbons (Fsp3) is 0.302. The van der Waals surface area contributed by atoms with Crippen molar-refractivity contribution in [1.29, 1.82) is 0 Å². The third-order valence-electron chi connectivity index (χ3n) is 9.85. The summed E-state index contributed by atoms with van der Waals surface area (Å²) in [6.45, 7) is 1.30. The van der Waals surface area contributed by atoms with Crippen LogP contribution in [0.1, 0.15) is 90.1 Å².